The van der Waals surface area contributed by atoms with E-state index < -0.39 is 0 Å². The van der Waals surface area contributed by atoms with E-state index in [4.69, 9.17) is 0 Å². The van der Waals surface area contributed by atoms with E-state index in [-0.39, 0.29) is 0 Å². The monoisotopic (exact) mass is 344 g/mol. The molecule has 0 aliphatic rings. The van der Waals surface area contributed by atoms with Crippen LogP contribution in [0.5, 0.6) is 0 Å². The predicted octanol–water partition coefficient (Wildman–Crippen LogP) is 4.06. The van der Waals surface area contributed by atoms with Gasteiger partial charge in [-0.15, -0.1) is 5.10 Å². The molecule has 0 aliphatic heterocycles. The Morgan fingerprint density at radius 2 is 1.88 bits per heavy atom. The maximum absolute atomic E-state index is 4.47. The number of aromatic amines is 1. The van der Waals surface area contributed by atoms with E-state index in [2.05, 4.69) is 74.3 Å². The van der Waals surface area contributed by atoms with Crippen molar-refractivity contribution in [2.24, 2.45) is 0 Å². The molecule has 26 heavy (non-hydrogen) atoms. The first-order valence-electron chi connectivity index (χ1n) is 8.60. The van der Waals surface area contributed by atoms with Crippen molar-refractivity contribution in [3.63, 3.8) is 0 Å². The first-order valence-corrected chi connectivity index (χ1v) is 8.60. The molecule has 2 aromatic carbocycles. The van der Waals surface area contributed by atoms with Crippen LogP contribution in [0.3, 0.4) is 0 Å². The molecule has 130 valence electrons. The molecule has 0 atom stereocenters. The summed E-state index contributed by atoms with van der Waals surface area (Å²) in [4.78, 5) is 7.76. The van der Waals surface area contributed by atoms with E-state index >= 15 is 0 Å². The third-order valence-corrected chi connectivity index (χ3v) is 4.24. The lowest BCUT2D eigenvalue weighted by atomic mass is 10.1. The van der Waals surface area contributed by atoms with E-state index in [1.807, 2.05) is 18.2 Å². The summed E-state index contributed by atoms with van der Waals surface area (Å²) in [5, 5.41) is 15.8. The van der Waals surface area contributed by atoms with Crippen LogP contribution in [0.4, 0.5) is 17.5 Å². The normalized spacial score (nSPS) is 10.8. The number of aromatic nitrogens is 4. The zero-order valence-electron chi connectivity index (χ0n) is 14.5. The Hall–Kier alpha value is -3.41. The molecule has 0 amide bonds. The molecule has 0 radical (unpaired) electrons. The summed E-state index contributed by atoms with van der Waals surface area (Å²) >= 11 is 0. The van der Waals surface area contributed by atoms with Crippen LogP contribution in [-0.2, 0) is 6.42 Å². The van der Waals surface area contributed by atoms with Crippen molar-refractivity contribution in [3.05, 3.63) is 72.1 Å². The summed E-state index contributed by atoms with van der Waals surface area (Å²) in [6, 6.07) is 16.4. The minimum Gasteiger partial charge on any atom is -0.361 e. The van der Waals surface area contributed by atoms with Crippen LogP contribution >= 0.6 is 0 Å². The van der Waals surface area contributed by atoms with Gasteiger partial charge in [-0.25, -0.2) is 0 Å². The van der Waals surface area contributed by atoms with Gasteiger partial charge in [0.2, 0.25) is 5.95 Å². The molecular formula is C20H20N6. The number of rotatable bonds is 6. The van der Waals surface area contributed by atoms with Gasteiger partial charge in [-0.1, -0.05) is 35.9 Å². The highest BCUT2D eigenvalue weighted by Crippen LogP contribution is 2.18. The molecule has 0 bridgehead atoms. The molecule has 0 fully saturated rings. The number of nitrogens with zero attached hydrogens (tertiary/aromatic N) is 3. The van der Waals surface area contributed by atoms with Crippen LogP contribution in [-0.4, -0.2) is 26.7 Å². The van der Waals surface area contributed by atoms with E-state index in [0.717, 1.165) is 24.2 Å². The highest BCUT2D eigenvalue weighted by molar-refractivity contribution is 5.83. The SMILES string of the molecule is Cc1ccc(Nc2cnnc(NCCc3c[nH]c4ccccc34)n2)cc1. The molecule has 0 saturated heterocycles. The van der Waals surface area contributed by atoms with Crippen LogP contribution in [0.2, 0.25) is 0 Å². The Morgan fingerprint density at radius 3 is 2.77 bits per heavy atom. The average Bonchev–Trinajstić information content (AvgIpc) is 3.07. The van der Waals surface area contributed by atoms with Crippen molar-refractivity contribution in [2.75, 3.05) is 17.2 Å². The van der Waals surface area contributed by atoms with Gasteiger partial charge in [-0.3, -0.25) is 0 Å². The van der Waals surface area contributed by atoms with Crippen molar-refractivity contribution in [1.82, 2.24) is 20.2 Å². The van der Waals surface area contributed by atoms with E-state index in [1.54, 1.807) is 6.20 Å². The number of hydrogen-bond donors (Lipinski definition) is 3. The minimum atomic E-state index is 0.516. The van der Waals surface area contributed by atoms with Gasteiger partial charge in [0.25, 0.3) is 0 Å². The number of aryl methyl sites for hydroxylation is 1. The van der Waals surface area contributed by atoms with Gasteiger partial charge in [0.15, 0.2) is 5.82 Å². The Balaban J connectivity index is 1.38. The van der Waals surface area contributed by atoms with Gasteiger partial charge in [0.1, 0.15) is 0 Å². The smallest absolute Gasteiger partial charge is 0.244 e. The van der Waals surface area contributed by atoms with Crippen LogP contribution < -0.4 is 10.6 Å². The average molecular weight is 344 g/mol. The van der Waals surface area contributed by atoms with Gasteiger partial charge in [0, 0.05) is 29.3 Å². The Morgan fingerprint density at radius 1 is 1.04 bits per heavy atom. The van der Waals surface area contributed by atoms with Crippen molar-refractivity contribution in [3.8, 4) is 0 Å². The highest BCUT2D eigenvalue weighted by atomic mass is 15.3. The Kier molecular flexibility index (Phi) is 4.47. The molecule has 0 spiro atoms. The van der Waals surface area contributed by atoms with Gasteiger partial charge in [-0.05, 0) is 37.1 Å². The topological polar surface area (TPSA) is 78.5 Å². The summed E-state index contributed by atoms with van der Waals surface area (Å²) < 4.78 is 0. The van der Waals surface area contributed by atoms with Crippen molar-refractivity contribution >= 4 is 28.4 Å². The number of H-pyrrole nitrogens is 1. The third kappa shape index (κ3) is 3.64. The van der Waals surface area contributed by atoms with Crippen molar-refractivity contribution in [2.45, 2.75) is 13.3 Å². The molecule has 0 saturated carbocycles. The Labute approximate surface area is 151 Å². The van der Waals surface area contributed by atoms with Gasteiger partial charge >= 0.3 is 0 Å². The standard InChI is InChI=1S/C20H20N6/c1-14-6-8-16(9-7-14)24-19-13-23-26-20(25-19)21-11-10-15-12-22-18-5-3-2-4-17(15)18/h2-9,12-13,22H,10-11H2,1H3,(H2,21,24,25,26). The van der Waals surface area contributed by atoms with Crippen LogP contribution in [0, 0.1) is 6.92 Å². The second-order valence-electron chi connectivity index (χ2n) is 6.19. The summed E-state index contributed by atoms with van der Waals surface area (Å²) in [5.74, 6) is 1.18. The molecule has 2 heterocycles. The molecular weight excluding hydrogens is 324 g/mol. The summed E-state index contributed by atoms with van der Waals surface area (Å²) in [6.07, 6.45) is 4.55. The third-order valence-electron chi connectivity index (χ3n) is 4.24. The molecule has 4 aromatic rings. The van der Waals surface area contributed by atoms with Gasteiger partial charge in [0.05, 0.1) is 6.20 Å². The number of hydrogen-bond acceptors (Lipinski definition) is 5. The molecule has 6 nitrogen and oxygen atoms in total. The maximum atomic E-state index is 4.47. The van der Waals surface area contributed by atoms with E-state index in [9.17, 15) is 0 Å². The van der Waals surface area contributed by atoms with E-state index in [0.29, 0.717) is 11.8 Å². The number of anilines is 3. The lowest BCUT2D eigenvalue weighted by Gasteiger charge is -2.08. The molecule has 0 aliphatic carbocycles. The molecule has 0 unspecified atom stereocenters. The fourth-order valence-corrected chi connectivity index (χ4v) is 2.87. The predicted molar refractivity (Wildman–Crippen MR) is 105 cm³/mol. The lowest BCUT2D eigenvalue weighted by molar-refractivity contribution is 0.931. The van der Waals surface area contributed by atoms with Crippen LogP contribution in [0.1, 0.15) is 11.1 Å². The van der Waals surface area contributed by atoms with Crippen LogP contribution in [0.15, 0.2) is 60.9 Å². The lowest BCUT2D eigenvalue weighted by Crippen LogP contribution is -2.09. The quantitative estimate of drug-likeness (QED) is 0.492. The summed E-state index contributed by atoms with van der Waals surface area (Å²) in [5.41, 5.74) is 4.62. The van der Waals surface area contributed by atoms with Gasteiger partial charge < -0.3 is 15.6 Å². The number of fused-ring (bicyclic) bond motifs is 1. The Bertz CT molecular complexity index is 1010. The summed E-state index contributed by atoms with van der Waals surface area (Å²) in [6.45, 7) is 2.79. The van der Waals surface area contributed by atoms with Crippen molar-refractivity contribution in [1.29, 1.82) is 0 Å². The molecule has 2 aromatic heterocycles. The molecule has 4 rings (SSSR count). The van der Waals surface area contributed by atoms with E-state index in [1.165, 1.54) is 16.5 Å². The molecule has 3 N–H and O–H groups in total. The first-order chi connectivity index (χ1) is 12.8. The van der Waals surface area contributed by atoms with Crippen molar-refractivity contribution < 1.29 is 0 Å². The maximum Gasteiger partial charge on any atom is 0.244 e. The number of para-hydroxylation sites is 1. The fourth-order valence-electron chi connectivity index (χ4n) is 2.87. The summed E-state index contributed by atoms with van der Waals surface area (Å²) in [7, 11) is 0. The zero-order chi connectivity index (χ0) is 17.8. The number of benzene rings is 2. The van der Waals surface area contributed by atoms with Crippen LogP contribution in [0.25, 0.3) is 10.9 Å². The van der Waals surface area contributed by atoms with Gasteiger partial charge in [-0.2, -0.15) is 10.1 Å². The number of nitrogens with one attached hydrogen (secondary N) is 3. The molecule has 6 heteroatoms. The zero-order valence-corrected chi connectivity index (χ0v) is 14.5. The highest BCUT2D eigenvalue weighted by Gasteiger charge is 2.04. The fraction of sp³-hybridized carbons (Fsp3) is 0.150. The second kappa shape index (κ2) is 7.23. The largest absolute Gasteiger partial charge is 0.361 e. The second-order valence-corrected chi connectivity index (χ2v) is 6.19. The first kappa shape index (κ1) is 16.1. The minimum absolute atomic E-state index is 0.516.